The predicted octanol–water partition coefficient (Wildman–Crippen LogP) is 3.15. The molecule has 31 heavy (non-hydrogen) atoms. The van der Waals surface area contributed by atoms with Crippen LogP contribution >= 0.6 is 0 Å². The van der Waals surface area contributed by atoms with Crippen molar-refractivity contribution in [3.05, 3.63) is 71.3 Å². The molecular formula is C26H34N2O3. The molecule has 0 radical (unpaired) electrons. The number of hydrogen-bond donors (Lipinski definition) is 1. The highest BCUT2D eigenvalue weighted by atomic mass is 16.5. The number of carbonyl (C=O) groups excluding carboxylic acids is 1. The molecule has 2 aromatic rings. The molecule has 2 aromatic carbocycles. The number of rotatable bonds is 9. The van der Waals surface area contributed by atoms with Crippen LogP contribution < -0.4 is 0 Å². The molecule has 1 aliphatic heterocycles. The molecule has 1 N–H and O–H groups in total. The molecule has 166 valence electrons. The molecule has 1 amide bonds. The van der Waals surface area contributed by atoms with E-state index in [2.05, 4.69) is 17.0 Å². The van der Waals surface area contributed by atoms with Gasteiger partial charge in [0, 0.05) is 38.3 Å². The first-order valence-corrected chi connectivity index (χ1v) is 11.5. The van der Waals surface area contributed by atoms with Gasteiger partial charge in [0.25, 0.3) is 5.91 Å². The highest BCUT2D eigenvalue weighted by Gasteiger charge is 2.31. The van der Waals surface area contributed by atoms with Gasteiger partial charge < -0.3 is 14.7 Å². The number of morpholine rings is 1. The first-order chi connectivity index (χ1) is 15.1. The molecule has 0 spiro atoms. The number of benzene rings is 2. The number of hydrogen-bond acceptors (Lipinski definition) is 4. The van der Waals surface area contributed by atoms with E-state index >= 15 is 0 Å². The number of aryl methyl sites for hydroxylation is 1. The topological polar surface area (TPSA) is 53.0 Å². The van der Waals surface area contributed by atoms with Gasteiger partial charge in [-0.1, -0.05) is 48.0 Å². The Bertz CT molecular complexity index is 835. The fourth-order valence-electron chi connectivity index (χ4n) is 4.28. The van der Waals surface area contributed by atoms with Crippen molar-refractivity contribution >= 4 is 5.91 Å². The summed E-state index contributed by atoms with van der Waals surface area (Å²) in [5.41, 5.74) is 3.06. The second kappa shape index (κ2) is 10.4. The third kappa shape index (κ3) is 6.63. The fourth-order valence-corrected chi connectivity index (χ4v) is 4.28. The second-order valence-electron chi connectivity index (χ2n) is 9.12. The lowest BCUT2D eigenvalue weighted by atomic mass is 10.1. The Morgan fingerprint density at radius 1 is 1.13 bits per heavy atom. The molecule has 2 aliphatic rings. The maximum Gasteiger partial charge on any atom is 0.253 e. The van der Waals surface area contributed by atoms with Crippen LogP contribution in [0.15, 0.2) is 54.6 Å². The Morgan fingerprint density at radius 3 is 2.58 bits per heavy atom. The second-order valence-corrected chi connectivity index (χ2v) is 9.12. The van der Waals surface area contributed by atoms with Gasteiger partial charge in [-0.3, -0.25) is 9.69 Å². The highest BCUT2D eigenvalue weighted by Crippen LogP contribution is 2.30. The Balaban J connectivity index is 1.33. The van der Waals surface area contributed by atoms with Crippen LogP contribution in [0.3, 0.4) is 0 Å². The van der Waals surface area contributed by atoms with Gasteiger partial charge in [0.05, 0.1) is 18.8 Å². The maximum absolute atomic E-state index is 13.2. The van der Waals surface area contributed by atoms with Crippen molar-refractivity contribution in [2.75, 3.05) is 39.3 Å². The Hall–Kier alpha value is -2.21. The van der Waals surface area contributed by atoms with Gasteiger partial charge in [-0.15, -0.1) is 0 Å². The lowest BCUT2D eigenvalue weighted by Crippen LogP contribution is -2.50. The summed E-state index contributed by atoms with van der Waals surface area (Å²) >= 11 is 0. The van der Waals surface area contributed by atoms with Gasteiger partial charge >= 0.3 is 0 Å². The summed E-state index contributed by atoms with van der Waals surface area (Å²) in [6.45, 7) is 6.28. The van der Waals surface area contributed by atoms with Crippen molar-refractivity contribution in [2.45, 2.75) is 38.4 Å². The Morgan fingerprint density at radius 2 is 1.87 bits per heavy atom. The van der Waals surface area contributed by atoms with Crippen LogP contribution in [0.25, 0.3) is 0 Å². The smallest absolute Gasteiger partial charge is 0.253 e. The van der Waals surface area contributed by atoms with Crippen molar-refractivity contribution in [3.8, 4) is 0 Å². The summed E-state index contributed by atoms with van der Waals surface area (Å²) in [5, 5.41) is 10.6. The number of carbonyl (C=O) groups is 1. The summed E-state index contributed by atoms with van der Waals surface area (Å²) in [7, 11) is 0. The molecule has 0 bridgehead atoms. The first-order valence-electron chi connectivity index (χ1n) is 11.5. The molecular weight excluding hydrogens is 388 g/mol. The van der Waals surface area contributed by atoms with Crippen molar-refractivity contribution in [1.82, 2.24) is 9.80 Å². The van der Waals surface area contributed by atoms with Crippen molar-refractivity contribution in [3.63, 3.8) is 0 Å². The molecule has 1 saturated heterocycles. The monoisotopic (exact) mass is 422 g/mol. The van der Waals surface area contributed by atoms with Gasteiger partial charge in [0.15, 0.2) is 0 Å². The Kier molecular flexibility index (Phi) is 7.38. The fraction of sp³-hybridized carbons (Fsp3) is 0.500. The molecule has 4 rings (SSSR count). The van der Waals surface area contributed by atoms with Crippen LogP contribution in [-0.4, -0.2) is 72.4 Å². The van der Waals surface area contributed by atoms with Gasteiger partial charge in [-0.25, -0.2) is 0 Å². The third-order valence-corrected chi connectivity index (χ3v) is 6.19. The number of amides is 1. The van der Waals surface area contributed by atoms with E-state index in [0.717, 1.165) is 36.3 Å². The van der Waals surface area contributed by atoms with Gasteiger partial charge in [0.2, 0.25) is 0 Å². The van der Waals surface area contributed by atoms with E-state index in [1.54, 1.807) is 0 Å². The third-order valence-electron chi connectivity index (χ3n) is 6.19. The van der Waals surface area contributed by atoms with Crippen molar-refractivity contribution in [2.24, 2.45) is 5.92 Å². The van der Waals surface area contributed by atoms with E-state index in [1.165, 1.54) is 12.8 Å². The average molecular weight is 423 g/mol. The van der Waals surface area contributed by atoms with Crippen molar-refractivity contribution in [1.29, 1.82) is 0 Å². The number of aliphatic hydroxyl groups is 1. The van der Waals surface area contributed by atoms with E-state index in [0.29, 0.717) is 32.0 Å². The summed E-state index contributed by atoms with van der Waals surface area (Å²) in [5.74, 6) is 0.721. The van der Waals surface area contributed by atoms with Gasteiger partial charge in [0.1, 0.15) is 0 Å². The molecule has 2 fully saturated rings. The molecule has 2 atom stereocenters. The van der Waals surface area contributed by atoms with Crippen molar-refractivity contribution < 1.29 is 14.6 Å². The lowest BCUT2D eigenvalue weighted by Gasteiger charge is -2.36. The van der Waals surface area contributed by atoms with Gasteiger partial charge in [-0.05, 0) is 49.8 Å². The minimum atomic E-state index is -0.405. The van der Waals surface area contributed by atoms with Crippen LogP contribution in [0.5, 0.6) is 0 Å². The molecule has 0 unspecified atom stereocenters. The number of aliphatic hydroxyl groups excluding tert-OH is 1. The zero-order valence-corrected chi connectivity index (χ0v) is 18.5. The summed E-state index contributed by atoms with van der Waals surface area (Å²) < 4.78 is 6.03. The summed E-state index contributed by atoms with van der Waals surface area (Å²) in [4.78, 5) is 17.4. The van der Waals surface area contributed by atoms with Crippen LogP contribution in [0, 0.1) is 12.8 Å². The van der Waals surface area contributed by atoms with Gasteiger partial charge in [-0.2, -0.15) is 0 Å². The van der Waals surface area contributed by atoms with Crippen LogP contribution in [0.1, 0.15) is 34.3 Å². The number of β-amino-alcohol motifs (C(OH)–C–C–N with tert-alkyl or cyclic N) is 1. The van der Waals surface area contributed by atoms with E-state index in [-0.39, 0.29) is 12.0 Å². The quantitative estimate of drug-likeness (QED) is 0.675. The maximum atomic E-state index is 13.2. The zero-order chi connectivity index (χ0) is 21.6. The van der Waals surface area contributed by atoms with Crippen LogP contribution in [0.4, 0.5) is 0 Å². The normalized spacial score (nSPS) is 20.4. The molecule has 0 aromatic heterocycles. The van der Waals surface area contributed by atoms with E-state index in [1.807, 2.05) is 54.3 Å². The van der Waals surface area contributed by atoms with Crippen LogP contribution in [0.2, 0.25) is 0 Å². The SMILES string of the molecule is Cc1ccc(C(=O)N(CC2CC2)C[C@@H]2CN(C[C@@H](O)Cc3ccccc3)CCO2)cc1. The number of nitrogens with zero attached hydrogens (tertiary/aromatic N) is 2. The van der Waals surface area contributed by atoms with Crippen LogP contribution in [-0.2, 0) is 11.2 Å². The zero-order valence-electron chi connectivity index (χ0n) is 18.5. The molecule has 5 heteroatoms. The molecule has 1 aliphatic carbocycles. The Labute approximate surface area is 185 Å². The molecule has 1 heterocycles. The summed E-state index contributed by atoms with van der Waals surface area (Å²) in [6.07, 6.45) is 2.65. The minimum absolute atomic E-state index is 0.0224. The minimum Gasteiger partial charge on any atom is -0.391 e. The average Bonchev–Trinajstić information content (AvgIpc) is 3.58. The lowest BCUT2D eigenvalue weighted by molar-refractivity contribution is -0.0506. The predicted molar refractivity (Wildman–Crippen MR) is 122 cm³/mol. The number of ether oxygens (including phenoxy) is 1. The standard InChI is InChI=1S/C26H34N2O3/c1-20-7-11-23(12-8-20)26(30)28(16-22-9-10-22)19-25-18-27(13-14-31-25)17-24(29)15-21-5-3-2-4-6-21/h2-8,11-12,22,24-25,29H,9-10,13-19H2,1H3/t24-,25-/m0/s1. The first kappa shape index (κ1) is 22.0. The molecule has 1 saturated carbocycles. The van der Waals surface area contributed by atoms with E-state index in [4.69, 9.17) is 4.74 Å². The largest absolute Gasteiger partial charge is 0.391 e. The molecule has 5 nitrogen and oxygen atoms in total. The summed E-state index contributed by atoms with van der Waals surface area (Å²) in [6, 6.07) is 17.9. The van der Waals surface area contributed by atoms with E-state index in [9.17, 15) is 9.90 Å². The highest BCUT2D eigenvalue weighted by molar-refractivity contribution is 5.94. The van der Waals surface area contributed by atoms with E-state index < -0.39 is 6.10 Å².